The molecule has 1 aromatic heterocycles. The van der Waals surface area contributed by atoms with E-state index in [1.165, 1.54) is 140 Å². The van der Waals surface area contributed by atoms with Gasteiger partial charge in [-0.25, -0.2) is 0 Å². The largest absolute Gasteiger partial charge is 0.478 e. The maximum absolute atomic E-state index is 6.05. The second kappa shape index (κ2) is 36.3. The first-order valence-corrected chi connectivity index (χ1v) is 21.0. The van der Waals surface area contributed by atoms with Crippen molar-refractivity contribution in [1.29, 1.82) is 0 Å². The van der Waals surface area contributed by atoms with Gasteiger partial charge in [-0.2, -0.15) is 4.98 Å². The molecule has 0 atom stereocenters. The molecular formula is C43H73NO3S. The van der Waals surface area contributed by atoms with Crippen molar-refractivity contribution in [3.8, 4) is 11.8 Å². The summed E-state index contributed by atoms with van der Waals surface area (Å²) in [6.07, 6.45) is 50.4. The fraction of sp³-hybridized carbons (Fsp3) is 0.698. The van der Waals surface area contributed by atoms with Gasteiger partial charge in [0.2, 0.25) is 11.8 Å². The predicted molar refractivity (Wildman–Crippen MR) is 212 cm³/mol. The van der Waals surface area contributed by atoms with E-state index in [-0.39, 0.29) is 0 Å². The number of hydrogen-bond donors (Lipinski definition) is 0. The van der Waals surface area contributed by atoms with Crippen LogP contribution in [0.25, 0.3) is 0 Å². The smallest absolute Gasteiger partial charge is 0.216 e. The SMILES string of the molecule is CCCCC/C=C\C/C=C\CCCCCCCCOc1cc(COSC)cc(OCCCCCCCC/C=C\C/C=C\CCCCC)n1. The Morgan fingerprint density at radius 3 is 1.27 bits per heavy atom. The molecule has 0 aliphatic rings. The van der Waals surface area contributed by atoms with Crippen LogP contribution in [0.4, 0.5) is 0 Å². The number of unbranched alkanes of at least 4 members (excludes halogenated alkanes) is 18. The van der Waals surface area contributed by atoms with Gasteiger partial charge >= 0.3 is 0 Å². The maximum Gasteiger partial charge on any atom is 0.216 e. The zero-order chi connectivity index (χ0) is 34.4. The number of hydrogen-bond acceptors (Lipinski definition) is 5. The molecule has 0 unspecified atom stereocenters. The maximum atomic E-state index is 6.05. The minimum atomic E-state index is 0.520. The third kappa shape index (κ3) is 30.1. The third-order valence-electron chi connectivity index (χ3n) is 8.37. The predicted octanol–water partition coefficient (Wildman–Crippen LogP) is 14.3. The lowest BCUT2D eigenvalue weighted by molar-refractivity contribution is 0.266. The Kier molecular flexibility index (Phi) is 33.3. The zero-order valence-electron chi connectivity index (χ0n) is 31.4. The van der Waals surface area contributed by atoms with Crippen LogP contribution in [0.15, 0.2) is 60.7 Å². The third-order valence-corrected chi connectivity index (χ3v) is 8.72. The number of nitrogens with zero attached hydrogens (tertiary/aromatic N) is 1. The molecule has 0 N–H and O–H groups in total. The summed E-state index contributed by atoms with van der Waals surface area (Å²) in [5.41, 5.74) is 1.04. The molecular weight excluding hydrogens is 611 g/mol. The van der Waals surface area contributed by atoms with E-state index in [4.69, 9.17) is 13.7 Å². The van der Waals surface area contributed by atoms with Gasteiger partial charge < -0.3 is 13.7 Å². The molecule has 48 heavy (non-hydrogen) atoms. The molecule has 0 amide bonds. The molecule has 0 fully saturated rings. The highest BCUT2D eigenvalue weighted by atomic mass is 32.2. The van der Waals surface area contributed by atoms with Crippen molar-refractivity contribution < 1.29 is 13.7 Å². The topological polar surface area (TPSA) is 40.6 Å². The Morgan fingerprint density at radius 2 is 0.875 bits per heavy atom. The van der Waals surface area contributed by atoms with Gasteiger partial charge in [0.15, 0.2) is 0 Å². The monoisotopic (exact) mass is 684 g/mol. The quantitative estimate of drug-likeness (QED) is 0.0404. The molecule has 274 valence electrons. The first kappa shape index (κ1) is 44.0. The van der Waals surface area contributed by atoms with Crippen molar-refractivity contribution >= 4 is 12.0 Å². The summed E-state index contributed by atoms with van der Waals surface area (Å²) >= 11 is 1.37. The van der Waals surface area contributed by atoms with Crippen LogP contribution in [-0.2, 0) is 10.8 Å². The molecule has 0 saturated carbocycles. The van der Waals surface area contributed by atoms with E-state index in [1.54, 1.807) is 0 Å². The second-order valence-corrected chi connectivity index (χ2v) is 13.5. The van der Waals surface area contributed by atoms with Crippen LogP contribution in [0.2, 0.25) is 0 Å². The molecule has 5 heteroatoms. The van der Waals surface area contributed by atoms with E-state index < -0.39 is 0 Å². The Morgan fingerprint density at radius 1 is 0.500 bits per heavy atom. The van der Waals surface area contributed by atoms with E-state index in [9.17, 15) is 0 Å². The molecule has 0 spiro atoms. The van der Waals surface area contributed by atoms with Crippen LogP contribution in [0.1, 0.15) is 174 Å². The first-order chi connectivity index (χ1) is 23.8. The summed E-state index contributed by atoms with van der Waals surface area (Å²) in [5, 5.41) is 0. The standard InChI is InChI=1S/C43H73NO3S/c1-4-6-8-10-12-14-16-18-20-22-24-26-28-30-32-34-36-45-42-38-41(40-47-48-3)39-43(44-42)46-37-35-33-31-29-27-25-23-21-19-17-15-13-11-9-7-5-2/h12-15,18-21,38-39H,4-11,16-17,22-37,40H2,1-3H3/b14-12-,15-13-,20-18-,21-19-. The number of allylic oxidation sites excluding steroid dienone is 8. The zero-order valence-corrected chi connectivity index (χ0v) is 32.3. The number of aromatic nitrogens is 1. The van der Waals surface area contributed by atoms with Gasteiger partial charge in [-0.1, -0.05) is 140 Å². The Labute approximate surface area is 301 Å². The van der Waals surface area contributed by atoms with Crippen molar-refractivity contribution in [2.24, 2.45) is 0 Å². The molecule has 4 nitrogen and oxygen atoms in total. The summed E-state index contributed by atoms with van der Waals surface area (Å²) in [4.78, 5) is 4.64. The average molecular weight is 684 g/mol. The van der Waals surface area contributed by atoms with Gasteiger partial charge in [0.25, 0.3) is 0 Å². The highest BCUT2D eigenvalue weighted by Crippen LogP contribution is 2.21. The van der Waals surface area contributed by atoms with Crippen LogP contribution in [-0.4, -0.2) is 24.5 Å². The highest BCUT2D eigenvalue weighted by Gasteiger charge is 2.06. The lowest BCUT2D eigenvalue weighted by Gasteiger charge is -2.11. The van der Waals surface area contributed by atoms with Crippen molar-refractivity contribution in [2.45, 2.75) is 175 Å². The lowest BCUT2D eigenvalue weighted by atomic mass is 10.1. The van der Waals surface area contributed by atoms with Crippen LogP contribution < -0.4 is 9.47 Å². The van der Waals surface area contributed by atoms with E-state index in [1.807, 2.05) is 18.4 Å². The van der Waals surface area contributed by atoms with Gasteiger partial charge in [-0.05, 0) is 94.7 Å². The van der Waals surface area contributed by atoms with E-state index in [2.05, 4.69) is 67.4 Å². The van der Waals surface area contributed by atoms with Gasteiger partial charge in [0.05, 0.1) is 19.8 Å². The molecule has 0 aliphatic carbocycles. The molecule has 1 rings (SSSR count). The lowest BCUT2D eigenvalue weighted by Crippen LogP contribution is -2.04. The highest BCUT2D eigenvalue weighted by molar-refractivity contribution is 7.93. The minimum absolute atomic E-state index is 0.520. The first-order valence-electron chi connectivity index (χ1n) is 19.8. The Hall–Kier alpha value is -1.98. The molecule has 1 heterocycles. The van der Waals surface area contributed by atoms with Gasteiger partial charge in [0, 0.05) is 18.4 Å². The second-order valence-electron chi connectivity index (χ2n) is 12.9. The van der Waals surface area contributed by atoms with Gasteiger partial charge in [-0.3, -0.25) is 0 Å². The van der Waals surface area contributed by atoms with E-state index in [0.717, 1.165) is 31.2 Å². The summed E-state index contributed by atoms with van der Waals surface area (Å²) in [5.74, 6) is 1.29. The van der Waals surface area contributed by atoms with Gasteiger partial charge in [-0.15, -0.1) is 0 Å². The van der Waals surface area contributed by atoms with Crippen molar-refractivity contribution in [3.05, 3.63) is 66.3 Å². The van der Waals surface area contributed by atoms with Gasteiger partial charge in [0.1, 0.15) is 0 Å². The Balaban J connectivity index is 2.12. The van der Waals surface area contributed by atoms with Crippen LogP contribution in [0.5, 0.6) is 11.8 Å². The summed E-state index contributed by atoms with van der Waals surface area (Å²) < 4.78 is 17.7. The summed E-state index contributed by atoms with van der Waals surface area (Å²) in [7, 11) is 0. The molecule has 0 saturated heterocycles. The Bertz CT molecular complexity index is 874. The summed E-state index contributed by atoms with van der Waals surface area (Å²) in [6, 6.07) is 3.97. The fourth-order valence-corrected chi connectivity index (χ4v) is 5.68. The number of rotatable bonds is 35. The van der Waals surface area contributed by atoms with Crippen molar-refractivity contribution in [2.75, 3.05) is 19.5 Å². The molecule has 0 aromatic carbocycles. The molecule has 0 aliphatic heterocycles. The summed E-state index contributed by atoms with van der Waals surface area (Å²) in [6.45, 7) is 6.43. The molecule has 0 radical (unpaired) electrons. The van der Waals surface area contributed by atoms with Crippen LogP contribution >= 0.6 is 12.0 Å². The molecule has 0 bridgehead atoms. The van der Waals surface area contributed by atoms with Crippen molar-refractivity contribution in [3.63, 3.8) is 0 Å². The van der Waals surface area contributed by atoms with E-state index >= 15 is 0 Å². The fourth-order valence-electron chi connectivity index (χ4n) is 5.42. The normalized spacial score (nSPS) is 12.1. The van der Waals surface area contributed by atoms with Crippen LogP contribution in [0.3, 0.4) is 0 Å². The van der Waals surface area contributed by atoms with Crippen LogP contribution in [0, 0.1) is 0 Å². The number of ether oxygens (including phenoxy) is 2. The minimum Gasteiger partial charge on any atom is -0.478 e. The van der Waals surface area contributed by atoms with E-state index in [0.29, 0.717) is 31.6 Å². The molecule has 1 aromatic rings. The number of pyridine rings is 1. The average Bonchev–Trinajstić information content (AvgIpc) is 3.10. The van der Waals surface area contributed by atoms with Crippen molar-refractivity contribution in [1.82, 2.24) is 4.98 Å².